The molecule has 0 bridgehead atoms. The summed E-state index contributed by atoms with van der Waals surface area (Å²) < 4.78 is 0. The van der Waals surface area contributed by atoms with Crippen LogP contribution in [0.2, 0.25) is 0 Å². The van der Waals surface area contributed by atoms with Crippen molar-refractivity contribution in [3.05, 3.63) is 71.8 Å². The van der Waals surface area contributed by atoms with E-state index in [1.807, 2.05) is 48.5 Å². The van der Waals surface area contributed by atoms with E-state index in [2.05, 4.69) is 31.3 Å². The largest absolute Gasteiger partial charge is 0.386 e. The minimum Gasteiger partial charge on any atom is -0.386 e. The van der Waals surface area contributed by atoms with Gasteiger partial charge in [-0.25, -0.2) is 0 Å². The molecule has 23 heavy (non-hydrogen) atoms. The summed E-state index contributed by atoms with van der Waals surface area (Å²) >= 11 is 0. The molecule has 2 rings (SSSR count). The van der Waals surface area contributed by atoms with Crippen molar-refractivity contribution in [3.8, 4) is 0 Å². The van der Waals surface area contributed by atoms with E-state index in [-0.39, 0.29) is 6.04 Å². The van der Waals surface area contributed by atoms with Gasteiger partial charge in [0.05, 0.1) is 12.1 Å². The summed E-state index contributed by atoms with van der Waals surface area (Å²) in [6.45, 7) is 4.44. The first kappa shape index (κ1) is 17.7. The predicted molar refractivity (Wildman–Crippen MR) is 97.3 cm³/mol. The van der Waals surface area contributed by atoms with Crippen LogP contribution in [0.15, 0.2) is 60.7 Å². The molecule has 2 nitrogen and oxygen atoms in total. The fourth-order valence-corrected chi connectivity index (χ4v) is 2.96. The molecule has 3 unspecified atom stereocenters. The van der Waals surface area contributed by atoms with Crippen molar-refractivity contribution in [2.45, 2.75) is 57.7 Å². The van der Waals surface area contributed by atoms with Crippen molar-refractivity contribution in [3.63, 3.8) is 0 Å². The van der Waals surface area contributed by atoms with E-state index >= 15 is 0 Å². The number of benzene rings is 2. The van der Waals surface area contributed by atoms with E-state index in [4.69, 9.17) is 0 Å². The topological polar surface area (TPSA) is 32.3 Å². The number of aliphatic hydroxyl groups excluding tert-OH is 1. The maximum Gasteiger partial charge on any atom is 0.0984 e. The van der Waals surface area contributed by atoms with Crippen LogP contribution >= 0.6 is 0 Å². The molecule has 0 spiro atoms. The van der Waals surface area contributed by atoms with Crippen LogP contribution in [0.4, 0.5) is 0 Å². The summed E-state index contributed by atoms with van der Waals surface area (Å²) in [5, 5.41) is 14.5. The molecule has 2 N–H and O–H groups in total. The van der Waals surface area contributed by atoms with E-state index in [0.29, 0.717) is 6.04 Å². The molecule has 2 heteroatoms. The van der Waals surface area contributed by atoms with E-state index in [9.17, 15) is 5.11 Å². The van der Waals surface area contributed by atoms with Gasteiger partial charge in [0, 0.05) is 6.04 Å². The van der Waals surface area contributed by atoms with Crippen molar-refractivity contribution < 1.29 is 5.11 Å². The van der Waals surface area contributed by atoms with Crippen molar-refractivity contribution in [1.29, 1.82) is 0 Å². The van der Waals surface area contributed by atoms with Crippen LogP contribution < -0.4 is 5.32 Å². The molecule has 0 heterocycles. The molecule has 124 valence electrons. The average molecular weight is 311 g/mol. The molecule has 3 atom stereocenters. The summed E-state index contributed by atoms with van der Waals surface area (Å²) in [6.07, 6.45) is 4.32. The lowest BCUT2D eigenvalue weighted by Crippen LogP contribution is -2.34. The molecule has 0 amide bonds. The summed E-state index contributed by atoms with van der Waals surface area (Å²) in [7, 11) is 0. The first-order valence-electron chi connectivity index (χ1n) is 8.76. The van der Waals surface area contributed by atoms with Gasteiger partial charge in [0.2, 0.25) is 0 Å². The maximum atomic E-state index is 10.9. The van der Waals surface area contributed by atoms with Gasteiger partial charge in [-0.1, -0.05) is 86.8 Å². The molecule has 0 aromatic heterocycles. The smallest absolute Gasteiger partial charge is 0.0984 e. The number of aliphatic hydroxyl groups is 1. The standard InChI is InChI=1S/C21H29NO/c1-3-4-7-12-17(2)22-20(18-13-8-5-9-14-18)21(23)19-15-10-6-11-16-19/h5-6,8-11,13-17,20-23H,3-4,7,12H2,1-2H3. The predicted octanol–water partition coefficient (Wildman–Crippen LogP) is 5.02. The number of hydrogen-bond donors (Lipinski definition) is 2. The van der Waals surface area contributed by atoms with Crippen molar-refractivity contribution in [2.24, 2.45) is 0 Å². The van der Waals surface area contributed by atoms with Gasteiger partial charge in [-0.05, 0) is 24.5 Å². The number of rotatable bonds is 9. The van der Waals surface area contributed by atoms with Crippen LogP contribution in [-0.4, -0.2) is 11.1 Å². The Bertz CT molecular complexity index is 540. The Hall–Kier alpha value is -1.64. The molecule has 0 aliphatic heterocycles. The number of nitrogens with one attached hydrogen (secondary N) is 1. The van der Waals surface area contributed by atoms with Crippen LogP contribution in [0.3, 0.4) is 0 Å². The summed E-state index contributed by atoms with van der Waals surface area (Å²) in [4.78, 5) is 0. The van der Waals surface area contributed by atoms with Crippen LogP contribution in [0.1, 0.15) is 62.8 Å². The number of hydrogen-bond acceptors (Lipinski definition) is 2. The summed E-state index contributed by atoms with van der Waals surface area (Å²) in [5.41, 5.74) is 2.08. The fourth-order valence-electron chi connectivity index (χ4n) is 2.96. The minimum absolute atomic E-state index is 0.0878. The quantitative estimate of drug-likeness (QED) is 0.637. The van der Waals surface area contributed by atoms with Gasteiger partial charge < -0.3 is 10.4 Å². The zero-order valence-electron chi connectivity index (χ0n) is 14.3. The van der Waals surface area contributed by atoms with E-state index < -0.39 is 6.10 Å². The lowest BCUT2D eigenvalue weighted by atomic mass is 9.94. The molecule has 2 aromatic rings. The molecule has 0 aliphatic carbocycles. The molecule has 2 aromatic carbocycles. The highest BCUT2D eigenvalue weighted by Crippen LogP contribution is 2.29. The molecule has 0 saturated carbocycles. The lowest BCUT2D eigenvalue weighted by Gasteiger charge is -2.28. The lowest BCUT2D eigenvalue weighted by molar-refractivity contribution is 0.121. The Balaban J connectivity index is 2.12. The Labute approximate surface area is 140 Å². The van der Waals surface area contributed by atoms with Crippen molar-refractivity contribution in [1.82, 2.24) is 5.32 Å². The van der Waals surface area contributed by atoms with Crippen LogP contribution in [-0.2, 0) is 0 Å². The maximum absolute atomic E-state index is 10.9. The average Bonchev–Trinajstić information content (AvgIpc) is 2.61. The molecular weight excluding hydrogens is 282 g/mol. The molecule has 0 fully saturated rings. The van der Waals surface area contributed by atoms with Gasteiger partial charge in [0.1, 0.15) is 0 Å². The SMILES string of the molecule is CCCCCC(C)NC(c1ccccc1)C(O)c1ccccc1. The third kappa shape index (κ3) is 5.49. The molecule has 0 radical (unpaired) electrons. The first-order valence-corrected chi connectivity index (χ1v) is 8.76. The Morgan fingerprint density at radius 1 is 0.870 bits per heavy atom. The van der Waals surface area contributed by atoms with Gasteiger partial charge in [-0.3, -0.25) is 0 Å². The third-order valence-electron chi connectivity index (χ3n) is 4.32. The zero-order valence-corrected chi connectivity index (χ0v) is 14.3. The number of unbranched alkanes of at least 4 members (excludes halogenated alkanes) is 2. The van der Waals surface area contributed by atoms with Gasteiger partial charge in [-0.15, -0.1) is 0 Å². The van der Waals surface area contributed by atoms with Gasteiger partial charge in [-0.2, -0.15) is 0 Å². The van der Waals surface area contributed by atoms with E-state index in [1.54, 1.807) is 0 Å². The second-order valence-electron chi connectivity index (χ2n) is 6.31. The summed E-state index contributed by atoms with van der Waals surface area (Å²) in [6, 6.07) is 20.5. The highest BCUT2D eigenvalue weighted by atomic mass is 16.3. The highest BCUT2D eigenvalue weighted by Gasteiger charge is 2.23. The van der Waals surface area contributed by atoms with Crippen molar-refractivity contribution >= 4 is 0 Å². The first-order chi connectivity index (χ1) is 11.2. The summed E-state index contributed by atoms with van der Waals surface area (Å²) in [5.74, 6) is 0. The molecular formula is C21H29NO. The zero-order chi connectivity index (χ0) is 16.5. The van der Waals surface area contributed by atoms with Crippen molar-refractivity contribution in [2.75, 3.05) is 0 Å². The van der Waals surface area contributed by atoms with Gasteiger partial charge >= 0.3 is 0 Å². The molecule has 0 aliphatic rings. The Morgan fingerprint density at radius 3 is 2.00 bits per heavy atom. The normalized spacial score (nSPS) is 15.1. The van der Waals surface area contributed by atoms with Crippen LogP contribution in [0, 0.1) is 0 Å². The van der Waals surface area contributed by atoms with Crippen LogP contribution in [0.25, 0.3) is 0 Å². The van der Waals surface area contributed by atoms with Gasteiger partial charge in [0.25, 0.3) is 0 Å². The highest BCUT2D eigenvalue weighted by molar-refractivity contribution is 5.26. The van der Waals surface area contributed by atoms with E-state index in [1.165, 1.54) is 19.3 Å². The fraction of sp³-hybridized carbons (Fsp3) is 0.429. The Kier molecular flexibility index (Phi) is 7.31. The van der Waals surface area contributed by atoms with Crippen LogP contribution in [0.5, 0.6) is 0 Å². The minimum atomic E-state index is -0.549. The van der Waals surface area contributed by atoms with E-state index in [0.717, 1.165) is 17.5 Å². The monoisotopic (exact) mass is 311 g/mol. The van der Waals surface area contributed by atoms with Gasteiger partial charge in [0.15, 0.2) is 0 Å². The second-order valence-corrected chi connectivity index (χ2v) is 6.31. The Morgan fingerprint density at radius 2 is 1.43 bits per heavy atom. The molecule has 0 saturated heterocycles. The second kappa shape index (κ2) is 9.49. The third-order valence-corrected chi connectivity index (χ3v) is 4.32.